The largest absolute Gasteiger partial charge is 0.330 e. The molecule has 2 N–H and O–H groups in total. The minimum Gasteiger partial charge on any atom is -0.330 e. The molecule has 0 saturated heterocycles. The van der Waals surface area contributed by atoms with Gasteiger partial charge in [0.1, 0.15) is 0 Å². The Balaban J connectivity index is 3.97. The molecule has 0 bridgehead atoms. The first kappa shape index (κ1) is 15.9. The monoisotopic (exact) mass is 228 g/mol. The Labute approximate surface area is 103 Å². The van der Waals surface area contributed by atoms with Crippen LogP contribution in [0.25, 0.3) is 0 Å². The molecule has 0 aliphatic heterocycles. The van der Waals surface area contributed by atoms with Gasteiger partial charge in [0.25, 0.3) is 0 Å². The summed E-state index contributed by atoms with van der Waals surface area (Å²) < 4.78 is 0. The predicted octanol–water partition coefficient (Wildman–Crippen LogP) is 3.12. The lowest BCUT2D eigenvalue weighted by Crippen LogP contribution is -2.35. The SMILES string of the molecule is CCC(C)N(CC)CCC(CN)CC(C)C. The summed E-state index contributed by atoms with van der Waals surface area (Å²) in [5.41, 5.74) is 5.84. The molecule has 16 heavy (non-hydrogen) atoms. The maximum atomic E-state index is 5.84. The standard InChI is InChI=1S/C14H32N2/c1-6-13(5)16(7-2)9-8-14(11-15)10-12(3)4/h12-14H,6-11,15H2,1-5H3. The molecule has 0 aliphatic carbocycles. The molecular weight excluding hydrogens is 196 g/mol. The van der Waals surface area contributed by atoms with Crippen molar-refractivity contribution in [2.24, 2.45) is 17.6 Å². The van der Waals surface area contributed by atoms with E-state index in [1.54, 1.807) is 0 Å². The molecule has 0 aromatic rings. The van der Waals surface area contributed by atoms with E-state index in [-0.39, 0.29) is 0 Å². The maximum Gasteiger partial charge on any atom is 0.00641 e. The van der Waals surface area contributed by atoms with Crippen molar-refractivity contribution in [1.82, 2.24) is 4.90 Å². The Morgan fingerprint density at radius 2 is 1.75 bits per heavy atom. The summed E-state index contributed by atoms with van der Waals surface area (Å²) >= 11 is 0. The fraction of sp³-hybridized carbons (Fsp3) is 1.00. The zero-order valence-corrected chi connectivity index (χ0v) is 12.0. The van der Waals surface area contributed by atoms with E-state index in [1.165, 1.54) is 25.8 Å². The Hall–Kier alpha value is -0.0800. The van der Waals surface area contributed by atoms with Gasteiger partial charge in [0.2, 0.25) is 0 Å². The van der Waals surface area contributed by atoms with Crippen LogP contribution < -0.4 is 5.73 Å². The summed E-state index contributed by atoms with van der Waals surface area (Å²) in [5.74, 6) is 1.48. The number of rotatable bonds is 9. The van der Waals surface area contributed by atoms with Gasteiger partial charge in [-0.2, -0.15) is 0 Å². The lowest BCUT2D eigenvalue weighted by molar-refractivity contribution is 0.195. The topological polar surface area (TPSA) is 29.3 Å². The van der Waals surface area contributed by atoms with Gasteiger partial charge < -0.3 is 10.6 Å². The van der Waals surface area contributed by atoms with Gasteiger partial charge in [0.05, 0.1) is 0 Å². The summed E-state index contributed by atoms with van der Waals surface area (Å²) in [5, 5.41) is 0. The molecule has 0 aromatic heterocycles. The second kappa shape index (κ2) is 9.00. The highest BCUT2D eigenvalue weighted by molar-refractivity contribution is 4.69. The molecule has 0 heterocycles. The van der Waals surface area contributed by atoms with Crippen LogP contribution in [0.4, 0.5) is 0 Å². The minimum absolute atomic E-state index is 0.707. The summed E-state index contributed by atoms with van der Waals surface area (Å²) in [4.78, 5) is 2.57. The number of hydrogen-bond donors (Lipinski definition) is 1. The van der Waals surface area contributed by atoms with Gasteiger partial charge in [-0.3, -0.25) is 0 Å². The van der Waals surface area contributed by atoms with Crippen molar-refractivity contribution in [2.45, 2.75) is 59.9 Å². The zero-order valence-electron chi connectivity index (χ0n) is 12.0. The third-order valence-corrected chi connectivity index (χ3v) is 3.58. The number of nitrogens with two attached hydrogens (primary N) is 1. The fourth-order valence-electron chi connectivity index (χ4n) is 2.30. The van der Waals surface area contributed by atoms with Crippen LogP contribution in [-0.4, -0.2) is 30.6 Å². The van der Waals surface area contributed by atoms with E-state index in [4.69, 9.17) is 5.73 Å². The lowest BCUT2D eigenvalue weighted by Gasteiger charge is -2.29. The Morgan fingerprint density at radius 1 is 1.12 bits per heavy atom. The van der Waals surface area contributed by atoms with E-state index >= 15 is 0 Å². The third kappa shape index (κ3) is 6.49. The summed E-state index contributed by atoms with van der Waals surface area (Å²) in [6.45, 7) is 14.6. The van der Waals surface area contributed by atoms with Crippen molar-refractivity contribution in [3.63, 3.8) is 0 Å². The molecule has 0 saturated carbocycles. The Morgan fingerprint density at radius 3 is 2.12 bits per heavy atom. The summed E-state index contributed by atoms with van der Waals surface area (Å²) in [6, 6.07) is 0.711. The van der Waals surface area contributed by atoms with Gasteiger partial charge in [-0.05, 0) is 57.7 Å². The van der Waals surface area contributed by atoms with Crippen LogP contribution in [-0.2, 0) is 0 Å². The van der Waals surface area contributed by atoms with Gasteiger partial charge in [0.15, 0.2) is 0 Å². The molecule has 2 atom stereocenters. The summed E-state index contributed by atoms with van der Waals surface area (Å²) in [7, 11) is 0. The van der Waals surface area contributed by atoms with E-state index in [0.717, 1.165) is 19.0 Å². The first-order valence-electron chi connectivity index (χ1n) is 6.99. The molecule has 0 aliphatic rings. The highest BCUT2D eigenvalue weighted by atomic mass is 15.1. The minimum atomic E-state index is 0.707. The maximum absolute atomic E-state index is 5.84. The molecule has 0 spiro atoms. The van der Waals surface area contributed by atoms with E-state index in [2.05, 4.69) is 39.5 Å². The average Bonchev–Trinajstić information content (AvgIpc) is 2.27. The summed E-state index contributed by atoms with van der Waals surface area (Å²) in [6.07, 6.45) is 3.77. The quantitative estimate of drug-likeness (QED) is 0.657. The van der Waals surface area contributed by atoms with Crippen LogP contribution >= 0.6 is 0 Å². The third-order valence-electron chi connectivity index (χ3n) is 3.58. The Bertz CT molecular complexity index is 157. The van der Waals surface area contributed by atoms with Crippen molar-refractivity contribution >= 4 is 0 Å². The molecule has 2 nitrogen and oxygen atoms in total. The lowest BCUT2D eigenvalue weighted by atomic mass is 9.94. The second-order valence-corrected chi connectivity index (χ2v) is 5.41. The van der Waals surface area contributed by atoms with Crippen LogP contribution in [0.3, 0.4) is 0 Å². The van der Waals surface area contributed by atoms with Crippen LogP contribution in [0.1, 0.15) is 53.9 Å². The highest BCUT2D eigenvalue weighted by Gasteiger charge is 2.14. The van der Waals surface area contributed by atoms with Crippen molar-refractivity contribution in [1.29, 1.82) is 0 Å². The molecular formula is C14H32N2. The first-order chi connectivity index (χ1) is 7.54. The molecule has 0 fully saturated rings. The predicted molar refractivity (Wildman–Crippen MR) is 73.6 cm³/mol. The fourth-order valence-corrected chi connectivity index (χ4v) is 2.30. The van der Waals surface area contributed by atoms with Crippen LogP contribution in [0.15, 0.2) is 0 Å². The van der Waals surface area contributed by atoms with E-state index in [9.17, 15) is 0 Å². The first-order valence-corrected chi connectivity index (χ1v) is 6.99. The van der Waals surface area contributed by atoms with Crippen molar-refractivity contribution in [3.05, 3.63) is 0 Å². The Kier molecular flexibility index (Phi) is 8.96. The molecule has 0 radical (unpaired) electrons. The molecule has 2 unspecified atom stereocenters. The van der Waals surface area contributed by atoms with Gasteiger partial charge in [-0.1, -0.05) is 27.7 Å². The van der Waals surface area contributed by atoms with Crippen molar-refractivity contribution < 1.29 is 0 Å². The second-order valence-electron chi connectivity index (χ2n) is 5.41. The molecule has 2 heteroatoms. The molecule has 0 aromatic carbocycles. The van der Waals surface area contributed by atoms with Gasteiger partial charge in [0, 0.05) is 6.04 Å². The normalized spacial score (nSPS) is 15.8. The van der Waals surface area contributed by atoms with Crippen molar-refractivity contribution in [3.8, 4) is 0 Å². The average molecular weight is 228 g/mol. The van der Waals surface area contributed by atoms with Crippen molar-refractivity contribution in [2.75, 3.05) is 19.6 Å². The zero-order chi connectivity index (χ0) is 12.6. The van der Waals surface area contributed by atoms with E-state index in [0.29, 0.717) is 12.0 Å². The van der Waals surface area contributed by atoms with Crippen LogP contribution in [0.5, 0.6) is 0 Å². The molecule has 0 amide bonds. The highest BCUT2D eigenvalue weighted by Crippen LogP contribution is 2.15. The number of hydrogen-bond acceptors (Lipinski definition) is 2. The molecule has 0 rings (SSSR count). The smallest absolute Gasteiger partial charge is 0.00641 e. The van der Waals surface area contributed by atoms with E-state index < -0.39 is 0 Å². The van der Waals surface area contributed by atoms with Gasteiger partial charge >= 0.3 is 0 Å². The van der Waals surface area contributed by atoms with Crippen LogP contribution in [0.2, 0.25) is 0 Å². The number of nitrogens with zero attached hydrogens (tertiary/aromatic N) is 1. The molecule has 98 valence electrons. The van der Waals surface area contributed by atoms with E-state index in [1.807, 2.05) is 0 Å². The van der Waals surface area contributed by atoms with Crippen LogP contribution in [0, 0.1) is 11.8 Å². The van der Waals surface area contributed by atoms with Gasteiger partial charge in [-0.15, -0.1) is 0 Å². The van der Waals surface area contributed by atoms with Gasteiger partial charge in [-0.25, -0.2) is 0 Å².